The van der Waals surface area contributed by atoms with E-state index in [1.807, 2.05) is 33.1 Å². The number of hydrogen-bond donors (Lipinski definition) is 0. The van der Waals surface area contributed by atoms with E-state index in [2.05, 4.69) is 17.3 Å². The van der Waals surface area contributed by atoms with Crippen molar-refractivity contribution in [3.8, 4) is 34.5 Å². The molecule has 0 aliphatic carbocycles. The Bertz CT molecular complexity index is 1990. The molecular formula is C33H20F3N5O2S. The topological polar surface area (TPSA) is 102 Å². The van der Waals surface area contributed by atoms with E-state index in [0.29, 0.717) is 51.3 Å². The summed E-state index contributed by atoms with van der Waals surface area (Å²) in [7, 11) is 0. The number of aromatic nitrogens is 1. The van der Waals surface area contributed by atoms with Gasteiger partial charge in [-0.2, -0.15) is 10.5 Å². The lowest BCUT2D eigenvalue weighted by Crippen LogP contribution is -2.50. The summed E-state index contributed by atoms with van der Waals surface area (Å²) in [6.45, 7) is 0.631. The molecule has 0 saturated carbocycles. The standard InChI is InChI=1S/C33H20F3N5O2S/c34-24-9-12-28-27(14-24)30(29-21(15-37)4-1-5-22(29)16-38)31(41(28)44-26-10-7-19(8-11-26)32(35)36)20-3-2-6-25(13-20)40-17-23(18-40)33(42)39-43/h1-14,23,32H,17-18H2. The first-order chi connectivity index (χ1) is 21.3. The number of anilines is 1. The predicted molar refractivity (Wildman–Crippen MR) is 161 cm³/mol. The third kappa shape index (κ3) is 5.08. The van der Waals surface area contributed by atoms with Crippen LogP contribution in [0.15, 0.2) is 95.0 Å². The maximum absolute atomic E-state index is 14.9. The summed E-state index contributed by atoms with van der Waals surface area (Å²) in [6, 6.07) is 26.6. The molecular weight excluding hydrogens is 587 g/mol. The van der Waals surface area contributed by atoms with E-state index in [-0.39, 0.29) is 16.7 Å². The number of carbonyl (C=O) groups is 1. The summed E-state index contributed by atoms with van der Waals surface area (Å²) >= 11 is 1.23. The van der Waals surface area contributed by atoms with Gasteiger partial charge in [0.25, 0.3) is 12.3 Å². The zero-order valence-electron chi connectivity index (χ0n) is 22.7. The molecule has 1 aliphatic rings. The second kappa shape index (κ2) is 11.7. The molecule has 0 radical (unpaired) electrons. The fraction of sp³-hybridized carbons (Fsp3) is 0.121. The molecule has 11 heteroatoms. The number of hydrogen-bond acceptors (Lipinski definition) is 6. The summed E-state index contributed by atoms with van der Waals surface area (Å²) in [6.07, 6.45) is -2.63. The van der Waals surface area contributed by atoms with Crippen LogP contribution >= 0.6 is 11.9 Å². The van der Waals surface area contributed by atoms with Crippen LogP contribution < -0.4 is 4.90 Å². The average Bonchev–Trinajstić information content (AvgIpc) is 3.32. The van der Waals surface area contributed by atoms with Gasteiger partial charge in [0.05, 0.1) is 40.4 Å². The Hall–Kier alpha value is -5.39. The molecule has 1 aromatic heterocycles. The third-order valence-corrected chi connectivity index (χ3v) is 8.62. The monoisotopic (exact) mass is 607 g/mol. The number of nitrogens with zero attached hydrogens (tertiary/aromatic N) is 5. The van der Waals surface area contributed by atoms with Gasteiger partial charge in [-0.1, -0.05) is 30.3 Å². The smallest absolute Gasteiger partial charge is 0.292 e. The second-order valence-electron chi connectivity index (χ2n) is 10.2. The number of nitriles is 2. The summed E-state index contributed by atoms with van der Waals surface area (Å²) in [5.74, 6) is -1.71. The van der Waals surface area contributed by atoms with Crippen LogP contribution in [0.1, 0.15) is 23.1 Å². The van der Waals surface area contributed by atoms with Crippen LogP contribution in [-0.4, -0.2) is 23.0 Å². The van der Waals surface area contributed by atoms with E-state index in [1.54, 1.807) is 36.4 Å². The molecule has 7 nitrogen and oxygen atoms in total. The van der Waals surface area contributed by atoms with E-state index in [0.717, 1.165) is 5.69 Å². The Morgan fingerprint density at radius 1 is 0.909 bits per heavy atom. The minimum Gasteiger partial charge on any atom is -0.370 e. The maximum Gasteiger partial charge on any atom is 0.292 e. The maximum atomic E-state index is 14.9. The fourth-order valence-corrected chi connectivity index (χ4v) is 6.42. The number of fused-ring (bicyclic) bond motifs is 1. The Kier molecular flexibility index (Phi) is 7.64. The van der Waals surface area contributed by atoms with Crippen LogP contribution in [0.5, 0.6) is 0 Å². The predicted octanol–water partition coefficient (Wildman–Crippen LogP) is 8.08. The van der Waals surface area contributed by atoms with Crippen molar-refractivity contribution in [2.24, 2.45) is 11.1 Å². The van der Waals surface area contributed by atoms with Gasteiger partial charge in [0, 0.05) is 56.5 Å². The largest absolute Gasteiger partial charge is 0.370 e. The molecule has 4 aromatic carbocycles. The van der Waals surface area contributed by atoms with Crippen LogP contribution in [0, 0.1) is 39.3 Å². The van der Waals surface area contributed by atoms with Crippen LogP contribution in [-0.2, 0) is 4.79 Å². The number of alkyl halides is 2. The molecule has 44 heavy (non-hydrogen) atoms. The number of benzene rings is 4. The Labute approximate surface area is 253 Å². The highest BCUT2D eigenvalue weighted by atomic mass is 32.2. The number of carbonyl (C=O) groups excluding carboxylic acids is 1. The van der Waals surface area contributed by atoms with Crippen LogP contribution in [0.2, 0.25) is 0 Å². The quantitative estimate of drug-likeness (QED) is 0.173. The Morgan fingerprint density at radius 3 is 2.23 bits per heavy atom. The minimum atomic E-state index is -2.63. The average molecular weight is 608 g/mol. The van der Waals surface area contributed by atoms with Crippen molar-refractivity contribution in [2.75, 3.05) is 18.0 Å². The lowest BCUT2D eigenvalue weighted by atomic mass is 9.91. The summed E-state index contributed by atoms with van der Waals surface area (Å²) in [5, 5.41) is 23.1. The van der Waals surface area contributed by atoms with Crippen molar-refractivity contribution >= 4 is 34.4 Å². The molecule has 0 N–H and O–H groups in total. The minimum absolute atomic E-state index is 0.125. The summed E-state index contributed by atoms with van der Waals surface area (Å²) in [5.41, 5.74) is 3.67. The van der Waals surface area contributed by atoms with Crippen LogP contribution in [0.3, 0.4) is 0 Å². The molecule has 0 unspecified atom stereocenters. The zero-order valence-corrected chi connectivity index (χ0v) is 23.6. The first-order valence-electron chi connectivity index (χ1n) is 13.4. The van der Waals surface area contributed by atoms with Gasteiger partial charge in [-0.15, -0.1) is 4.91 Å². The molecule has 0 spiro atoms. The van der Waals surface area contributed by atoms with Crippen molar-refractivity contribution in [1.82, 2.24) is 3.97 Å². The van der Waals surface area contributed by atoms with Gasteiger partial charge in [-0.3, -0.25) is 8.77 Å². The third-order valence-electron chi connectivity index (χ3n) is 7.58. The fourth-order valence-electron chi connectivity index (χ4n) is 5.40. The molecule has 5 aromatic rings. The van der Waals surface area contributed by atoms with Crippen molar-refractivity contribution in [1.29, 1.82) is 10.5 Å². The molecule has 1 amide bonds. The zero-order chi connectivity index (χ0) is 31.0. The molecule has 6 rings (SSSR count). The first-order valence-corrected chi connectivity index (χ1v) is 14.2. The molecule has 2 heterocycles. The van der Waals surface area contributed by atoms with Gasteiger partial charge >= 0.3 is 0 Å². The van der Waals surface area contributed by atoms with Gasteiger partial charge in [-0.05, 0) is 66.5 Å². The molecule has 0 bridgehead atoms. The number of amides is 1. The number of rotatable bonds is 7. The van der Waals surface area contributed by atoms with Crippen molar-refractivity contribution in [2.45, 2.75) is 11.3 Å². The van der Waals surface area contributed by atoms with Crippen LogP contribution in [0.25, 0.3) is 33.3 Å². The van der Waals surface area contributed by atoms with Gasteiger partial charge in [0.2, 0.25) is 0 Å². The normalized spacial score (nSPS) is 13.0. The van der Waals surface area contributed by atoms with E-state index >= 15 is 0 Å². The molecule has 1 aliphatic heterocycles. The Balaban J connectivity index is 1.61. The highest BCUT2D eigenvalue weighted by molar-refractivity contribution is 7.98. The van der Waals surface area contributed by atoms with E-state index in [1.165, 1.54) is 36.2 Å². The molecule has 216 valence electrons. The lowest BCUT2D eigenvalue weighted by Gasteiger charge is -2.38. The van der Waals surface area contributed by atoms with Crippen molar-refractivity contribution in [3.05, 3.63) is 112 Å². The highest BCUT2D eigenvalue weighted by Crippen LogP contribution is 2.47. The van der Waals surface area contributed by atoms with E-state index < -0.39 is 24.1 Å². The SMILES string of the molecule is N#Cc1cccc(C#N)c1-c1c(-c2cccc(N3CC(C(=O)N=O)C3)c2)n(Sc2ccc(C(F)F)cc2)c2ccc(F)cc12. The summed E-state index contributed by atoms with van der Waals surface area (Å²) in [4.78, 5) is 25.0. The van der Waals surface area contributed by atoms with Gasteiger partial charge in [-0.25, -0.2) is 13.2 Å². The summed E-state index contributed by atoms with van der Waals surface area (Å²) < 4.78 is 43.2. The second-order valence-corrected chi connectivity index (χ2v) is 11.2. The van der Waals surface area contributed by atoms with Crippen LogP contribution in [0.4, 0.5) is 18.9 Å². The van der Waals surface area contributed by atoms with Crippen molar-refractivity contribution < 1.29 is 18.0 Å². The lowest BCUT2D eigenvalue weighted by molar-refractivity contribution is -0.122. The first kappa shape index (κ1) is 28.7. The molecule has 1 fully saturated rings. The van der Waals surface area contributed by atoms with E-state index in [9.17, 15) is 33.4 Å². The number of halogens is 3. The number of nitroso groups, excluding NO2 is 1. The van der Waals surface area contributed by atoms with Gasteiger partial charge < -0.3 is 4.90 Å². The Morgan fingerprint density at radius 2 is 1.59 bits per heavy atom. The highest BCUT2D eigenvalue weighted by Gasteiger charge is 2.34. The van der Waals surface area contributed by atoms with Gasteiger partial charge in [0.1, 0.15) is 5.82 Å². The van der Waals surface area contributed by atoms with Crippen molar-refractivity contribution in [3.63, 3.8) is 0 Å². The van der Waals surface area contributed by atoms with Gasteiger partial charge in [0.15, 0.2) is 0 Å². The molecule has 0 atom stereocenters. The molecule has 1 saturated heterocycles. The van der Waals surface area contributed by atoms with E-state index in [4.69, 9.17) is 0 Å².